The van der Waals surface area contributed by atoms with E-state index in [0.717, 1.165) is 11.3 Å². The Morgan fingerprint density at radius 1 is 1.47 bits per heavy atom. The number of H-pyrrole nitrogens is 1. The van der Waals surface area contributed by atoms with E-state index in [-0.39, 0.29) is 0 Å². The summed E-state index contributed by atoms with van der Waals surface area (Å²) in [7, 11) is 1.66. The predicted molar refractivity (Wildman–Crippen MR) is 56.7 cm³/mol. The normalized spacial score (nSPS) is 9.93. The highest BCUT2D eigenvalue weighted by Crippen LogP contribution is 2.13. The zero-order valence-corrected chi connectivity index (χ0v) is 8.40. The van der Waals surface area contributed by atoms with Crippen LogP contribution in [0.25, 0.3) is 0 Å². The standard InChI is InChI=1S/C10H12N4O/c1-15-9-4-2-3-8(5-9)6-11-10-12-7-13-14-10/h2-5,7H,6H2,1H3,(H2,11,12,13,14). The topological polar surface area (TPSA) is 62.8 Å². The van der Waals surface area contributed by atoms with Crippen LogP contribution in [-0.4, -0.2) is 22.3 Å². The Bertz CT molecular complexity index is 413. The van der Waals surface area contributed by atoms with Crippen LogP contribution in [0.3, 0.4) is 0 Å². The first-order valence-electron chi connectivity index (χ1n) is 4.60. The molecule has 0 amide bonds. The van der Waals surface area contributed by atoms with E-state index >= 15 is 0 Å². The van der Waals surface area contributed by atoms with Crippen molar-refractivity contribution in [1.82, 2.24) is 15.2 Å². The van der Waals surface area contributed by atoms with Crippen LogP contribution in [0.2, 0.25) is 0 Å². The molecule has 0 aliphatic rings. The Morgan fingerprint density at radius 3 is 3.13 bits per heavy atom. The maximum Gasteiger partial charge on any atom is 0.218 e. The van der Waals surface area contributed by atoms with E-state index in [4.69, 9.17) is 4.74 Å². The van der Waals surface area contributed by atoms with Crippen LogP contribution in [0.4, 0.5) is 5.95 Å². The second-order valence-corrected chi connectivity index (χ2v) is 3.04. The SMILES string of the molecule is COc1cccc(CNc2ncn[nH]2)c1. The van der Waals surface area contributed by atoms with E-state index in [1.165, 1.54) is 6.33 Å². The Hall–Kier alpha value is -2.04. The first kappa shape index (κ1) is 9.51. The molecule has 0 saturated heterocycles. The number of methoxy groups -OCH3 is 1. The van der Waals surface area contributed by atoms with Crippen LogP contribution in [0, 0.1) is 0 Å². The molecule has 5 heteroatoms. The number of rotatable bonds is 4. The third-order valence-electron chi connectivity index (χ3n) is 2.01. The maximum absolute atomic E-state index is 5.13. The fraction of sp³-hybridized carbons (Fsp3) is 0.200. The lowest BCUT2D eigenvalue weighted by molar-refractivity contribution is 0.414. The van der Waals surface area contributed by atoms with E-state index in [0.29, 0.717) is 12.5 Å². The van der Waals surface area contributed by atoms with Crippen molar-refractivity contribution in [2.24, 2.45) is 0 Å². The van der Waals surface area contributed by atoms with Crippen molar-refractivity contribution in [1.29, 1.82) is 0 Å². The van der Waals surface area contributed by atoms with Crippen LogP contribution in [-0.2, 0) is 6.54 Å². The molecule has 0 fully saturated rings. The summed E-state index contributed by atoms with van der Waals surface area (Å²) in [5.74, 6) is 1.52. The molecule has 1 heterocycles. The average Bonchev–Trinajstić information content (AvgIpc) is 2.79. The largest absolute Gasteiger partial charge is 0.497 e. The number of hydrogen-bond acceptors (Lipinski definition) is 4. The maximum atomic E-state index is 5.13. The van der Waals surface area contributed by atoms with Crippen molar-refractivity contribution >= 4 is 5.95 Å². The van der Waals surface area contributed by atoms with Crippen molar-refractivity contribution in [3.05, 3.63) is 36.2 Å². The van der Waals surface area contributed by atoms with E-state index in [2.05, 4.69) is 20.5 Å². The summed E-state index contributed by atoms with van der Waals surface area (Å²) in [6.45, 7) is 0.687. The molecular weight excluding hydrogens is 192 g/mol. The van der Waals surface area contributed by atoms with Gasteiger partial charge in [-0.2, -0.15) is 5.10 Å². The third-order valence-corrected chi connectivity index (χ3v) is 2.01. The molecule has 5 nitrogen and oxygen atoms in total. The van der Waals surface area contributed by atoms with Crippen molar-refractivity contribution < 1.29 is 4.74 Å². The van der Waals surface area contributed by atoms with Gasteiger partial charge in [-0.1, -0.05) is 12.1 Å². The van der Waals surface area contributed by atoms with E-state index in [9.17, 15) is 0 Å². The molecule has 2 N–H and O–H groups in total. The Morgan fingerprint density at radius 2 is 2.40 bits per heavy atom. The number of ether oxygens (including phenoxy) is 1. The Labute approximate surface area is 87.5 Å². The Balaban J connectivity index is 1.98. The number of hydrogen-bond donors (Lipinski definition) is 2. The molecule has 0 atom stereocenters. The van der Waals surface area contributed by atoms with E-state index in [1.54, 1.807) is 7.11 Å². The smallest absolute Gasteiger partial charge is 0.218 e. The monoisotopic (exact) mass is 204 g/mol. The molecule has 0 saturated carbocycles. The van der Waals surface area contributed by atoms with Crippen molar-refractivity contribution in [2.45, 2.75) is 6.54 Å². The van der Waals surface area contributed by atoms with Crippen molar-refractivity contribution in [2.75, 3.05) is 12.4 Å². The lowest BCUT2D eigenvalue weighted by atomic mass is 10.2. The number of anilines is 1. The minimum atomic E-state index is 0.665. The van der Waals surface area contributed by atoms with Gasteiger partial charge in [-0.05, 0) is 17.7 Å². The zero-order chi connectivity index (χ0) is 10.5. The molecule has 0 aliphatic carbocycles. The summed E-state index contributed by atoms with van der Waals surface area (Å²) < 4.78 is 5.13. The van der Waals surface area contributed by atoms with Crippen molar-refractivity contribution in [3.8, 4) is 5.75 Å². The fourth-order valence-corrected chi connectivity index (χ4v) is 1.26. The molecule has 15 heavy (non-hydrogen) atoms. The quantitative estimate of drug-likeness (QED) is 0.790. The highest BCUT2D eigenvalue weighted by Gasteiger charge is 1.97. The molecule has 0 spiro atoms. The summed E-state index contributed by atoms with van der Waals surface area (Å²) in [6.07, 6.45) is 1.47. The fourth-order valence-electron chi connectivity index (χ4n) is 1.26. The van der Waals surface area contributed by atoms with Gasteiger partial charge in [0.05, 0.1) is 7.11 Å². The minimum Gasteiger partial charge on any atom is -0.497 e. The Kier molecular flexibility index (Phi) is 2.82. The number of benzene rings is 1. The third kappa shape index (κ3) is 2.46. The van der Waals surface area contributed by atoms with Gasteiger partial charge < -0.3 is 10.1 Å². The van der Waals surface area contributed by atoms with Gasteiger partial charge in [0.25, 0.3) is 0 Å². The molecule has 78 valence electrons. The summed E-state index contributed by atoms with van der Waals surface area (Å²) in [4.78, 5) is 3.96. The van der Waals surface area contributed by atoms with Crippen LogP contribution >= 0.6 is 0 Å². The van der Waals surface area contributed by atoms with Gasteiger partial charge in [-0.25, -0.2) is 10.1 Å². The van der Waals surface area contributed by atoms with Gasteiger partial charge >= 0.3 is 0 Å². The number of nitrogens with one attached hydrogen (secondary N) is 2. The summed E-state index contributed by atoms with van der Waals surface area (Å²) in [6, 6.07) is 7.86. The number of nitrogens with zero attached hydrogens (tertiary/aromatic N) is 2. The lowest BCUT2D eigenvalue weighted by Gasteiger charge is -2.04. The molecular formula is C10H12N4O. The number of aromatic nitrogens is 3. The van der Waals surface area contributed by atoms with Crippen LogP contribution in [0.15, 0.2) is 30.6 Å². The molecule has 0 radical (unpaired) electrons. The first-order chi connectivity index (χ1) is 7.38. The zero-order valence-electron chi connectivity index (χ0n) is 8.40. The minimum absolute atomic E-state index is 0.665. The summed E-state index contributed by atoms with van der Waals surface area (Å²) in [5.41, 5.74) is 1.13. The predicted octanol–water partition coefficient (Wildman–Crippen LogP) is 1.43. The number of aromatic amines is 1. The second kappa shape index (κ2) is 4.45. The molecule has 2 rings (SSSR count). The molecule has 0 unspecified atom stereocenters. The molecule has 1 aromatic heterocycles. The van der Waals surface area contributed by atoms with Gasteiger partial charge in [0.1, 0.15) is 12.1 Å². The molecule has 0 bridgehead atoms. The van der Waals surface area contributed by atoms with Crippen LogP contribution in [0.5, 0.6) is 5.75 Å². The van der Waals surface area contributed by atoms with Crippen molar-refractivity contribution in [3.63, 3.8) is 0 Å². The van der Waals surface area contributed by atoms with Gasteiger partial charge in [0.15, 0.2) is 0 Å². The average molecular weight is 204 g/mol. The molecule has 1 aromatic carbocycles. The van der Waals surface area contributed by atoms with Gasteiger partial charge in [0.2, 0.25) is 5.95 Å². The van der Waals surface area contributed by atoms with Gasteiger partial charge in [0, 0.05) is 6.54 Å². The second-order valence-electron chi connectivity index (χ2n) is 3.04. The van der Waals surface area contributed by atoms with Gasteiger partial charge in [-0.15, -0.1) is 0 Å². The van der Waals surface area contributed by atoms with E-state index in [1.807, 2.05) is 24.3 Å². The van der Waals surface area contributed by atoms with E-state index < -0.39 is 0 Å². The van der Waals surface area contributed by atoms with Crippen LogP contribution in [0.1, 0.15) is 5.56 Å². The summed E-state index contributed by atoms with van der Waals surface area (Å²) >= 11 is 0. The lowest BCUT2D eigenvalue weighted by Crippen LogP contribution is -2.01. The first-order valence-corrected chi connectivity index (χ1v) is 4.60. The summed E-state index contributed by atoms with van der Waals surface area (Å²) in [5, 5.41) is 9.58. The molecule has 2 aromatic rings. The highest BCUT2D eigenvalue weighted by molar-refractivity contribution is 5.31. The highest BCUT2D eigenvalue weighted by atomic mass is 16.5. The van der Waals surface area contributed by atoms with Crippen LogP contribution < -0.4 is 10.1 Å². The van der Waals surface area contributed by atoms with Gasteiger partial charge in [-0.3, -0.25) is 0 Å². The molecule has 0 aliphatic heterocycles.